The molecular formula is C22H23ClN4O. The van der Waals surface area contributed by atoms with Crippen LogP contribution >= 0.6 is 11.6 Å². The molecular weight excluding hydrogens is 372 g/mol. The predicted octanol–water partition coefficient (Wildman–Crippen LogP) is 4.91. The molecule has 1 aromatic heterocycles. The van der Waals surface area contributed by atoms with Crippen molar-refractivity contribution in [2.75, 3.05) is 17.2 Å². The Bertz CT molecular complexity index is 957. The van der Waals surface area contributed by atoms with E-state index in [1.54, 1.807) is 6.07 Å². The molecule has 0 unspecified atom stereocenters. The largest absolute Gasteiger partial charge is 0.354 e. The number of aryl methyl sites for hydroxylation is 2. The zero-order chi connectivity index (χ0) is 19.9. The van der Waals surface area contributed by atoms with E-state index < -0.39 is 0 Å². The molecule has 0 atom stereocenters. The van der Waals surface area contributed by atoms with E-state index in [9.17, 15) is 4.79 Å². The number of carbonyl (C=O) groups is 1. The minimum Gasteiger partial charge on any atom is -0.354 e. The number of rotatable bonds is 7. The third-order valence-electron chi connectivity index (χ3n) is 4.29. The fourth-order valence-electron chi connectivity index (χ4n) is 2.79. The zero-order valence-corrected chi connectivity index (χ0v) is 16.8. The molecule has 3 aromatic rings. The lowest BCUT2D eigenvalue weighted by atomic mass is 10.1. The molecule has 144 valence electrons. The molecule has 1 amide bonds. The molecule has 28 heavy (non-hydrogen) atoms. The van der Waals surface area contributed by atoms with Gasteiger partial charge in [0.2, 0.25) is 5.95 Å². The molecule has 0 radical (unpaired) electrons. The molecule has 0 spiro atoms. The van der Waals surface area contributed by atoms with Crippen LogP contribution in [0.25, 0.3) is 0 Å². The fourth-order valence-corrected chi connectivity index (χ4v) is 3.01. The predicted molar refractivity (Wildman–Crippen MR) is 114 cm³/mol. The normalized spacial score (nSPS) is 10.5. The molecule has 0 fully saturated rings. The molecule has 5 nitrogen and oxygen atoms in total. The van der Waals surface area contributed by atoms with Gasteiger partial charge < -0.3 is 10.6 Å². The van der Waals surface area contributed by atoms with Crippen molar-refractivity contribution in [3.8, 4) is 0 Å². The first-order valence-electron chi connectivity index (χ1n) is 9.28. The summed E-state index contributed by atoms with van der Waals surface area (Å²) in [6.07, 6.45) is 1.74. The van der Waals surface area contributed by atoms with Crippen LogP contribution in [0, 0.1) is 6.92 Å². The van der Waals surface area contributed by atoms with E-state index in [-0.39, 0.29) is 5.91 Å². The average Bonchev–Trinajstić information content (AvgIpc) is 2.68. The Morgan fingerprint density at radius 1 is 1.04 bits per heavy atom. The van der Waals surface area contributed by atoms with Crippen LogP contribution in [0.3, 0.4) is 0 Å². The minimum atomic E-state index is -0.257. The topological polar surface area (TPSA) is 66.9 Å². The van der Waals surface area contributed by atoms with E-state index in [0.717, 1.165) is 34.8 Å². The Morgan fingerprint density at radius 2 is 1.82 bits per heavy atom. The van der Waals surface area contributed by atoms with E-state index in [1.165, 1.54) is 5.56 Å². The summed E-state index contributed by atoms with van der Waals surface area (Å²) in [5, 5.41) is 6.78. The molecule has 0 aliphatic heterocycles. The fraction of sp³-hybridized carbons (Fsp3) is 0.227. The molecule has 0 saturated heterocycles. The Balaban J connectivity index is 1.63. The van der Waals surface area contributed by atoms with Gasteiger partial charge in [0.05, 0.1) is 0 Å². The van der Waals surface area contributed by atoms with Gasteiger partial charge in [0.25, 0.3) is 5.91 Å². The highest BCUT2D eigenvalue weighted by molar-refractivity contribution is 6.30. The number of hydrogen-bond donors (Lipinski definition) is 2. The summed E-state index contributed by atoms with van der Waals surface area (Å²) in [6, 6.07) is 17.2. The maximum Gasteiger partial charge on any atom is 0.274 e. The van der Waals surface area contributed by atoms with Crippen LogP contribution in [-0.4, -0.2) is 22.4 Å². The summed E-state index contributed by atoms with van der Waals surface area (Å²) in [7, 11) is 0. The molecule has 6 heteroatoms. The first kappa shape index (κ1) is 19.8. The molecule has 0 aliphatic rings. The minimum absolute atomic E-state index is 0.257. The smallest absolute Gasteiger partial charge is 0.274 e. The average molecular weight is 395 g/mol. The van der Waals surface area contributed by atoms with Crippen LogP contribution < -0.4 is 10.6 Å². The Kier molecular flexibility index (Phi) is 6.61. The van der Waals surface area contributed by atoms with Gasteiger partial charge in [-0.05, 0) is 61.2 Å². The number of carbonyl (C=O) groups excluding carboxylic acids is 1. The van der Waals surface area contributed by atoms with Crippen molar-refractivity contribution in [2.45, 2.75) is 26.7 Å². The van der Waals surface area contributed by atoms with E-state index in [4.69, 9.17) is 11.6 Å². The summed E-state index contributed by atoms with van der Waals surface area (Å²) in [5.74, 6) is 0.182. The van der Waals surface area contributed by atoms with E-state index in [2.05, 4.69) is 27.5 Å². The highest BCUT2D eigenvalue weighted by Crippen LogP contribution is 2.14. The van der Waals surface area contributed by atoms with Gasteiger partial charge in [-0.25, -0.2) is 9.97 Å². The van der Waals surface area contributed by atoms with Crippen molar-refractivity contribution in [3.63, 3.8) is 0 Å². The van der Waals surface area contributed by atoms with Gasteiger partial charge in [0.15, 0.2) is 0 Å². The number of benzene rings is 2. The molecule has 0 saturated carbocycles. The second-order valence-corrected chi connectivity index (χ2v) is 6.97. The van der Waals surface area contributed by atoms with Crippen LogP contribution in [0.2, 0.25) is 5.02 Å². The number of halogens is 1. The van der Waals surface area contributed by atoms with Crippen LogP contribution in [0.5, 0.6) is 0 Å². The summed E-state index contributed by atoms with van der Waals surface area (Å²) < 4.78 is 0. The number of nitrogens with zero attached hydrogens (tertiary/aromatic N) is 2. The summed E-state index contributed by atoms with van der Waals surface area (Å²) in [6.45, 7) is 4.58. The zero-order valence-electron chi connectivity index (χ0n) is 16.0. The van der Waals surface area contributed by atoms with Crippen molar-refractivity contribution < 1.29 is 4.79 Å². The summed E-state index contributed by atoms with van der Waals surface area (Å²) in [4.78, 5) is 21.3. The van der Waals surface area contributed by atoms with Gasteiger partial charge in [-0.1, -0.05) is 42.8 Å². The van der Waals surface area contributed by atoms with Crippen molar-refractivity contribution >= 4 is 29.1 Å². The van der Waals surface area contributed by atoms with E-state index >= 15 is 0 Å². The molecule has 0 bridgehead atoms. The van der Waals surface area contributed by atoms with E-state index in [0.29, 0.717) is 18.2 Å². The van der Waals surface area contributed by atoms with Crippen molar-refractivity contribution in [1.82, 2.24) is 9.97 Å². The lowest BCUT2D eigenvalue weighted by Gasteiger charge is -2.09. The Labute approximate surface area is 170 Å². The Morgan fingerprint density at radius 3 is 2.54 bits per heavy atom. The van der Waals surface area contributed by atoms with E-state index in [1.807, 2.05) is 55.5 Å². The highest BCUT2D eigenvalue weighted by atomic mass is 35.5. The first-order valence-corrected chi connectivity index (χ1v) is 9.65. The lowest BCUT2D eigenvalue weighted by molar-refractivity contribution is 0.102. The standard InChI is InChI=1S/C22H23ClN4O/c1-3-16-7-9-19(10-8-16)26-21(28)20-13-15(2)25-22(27-20)24-12-11-17-5-4-6-18(23)14-17/h4-10,13-14H,3,11-12H2,1-2H3,(H,26,28)(H,24,25,27). The number of anilines is 2. The van der Waals surface area contributed by atoms with Gasteiger partial charge in [-0.3, -0.25) is 4.79 Å². The molecule has 0 aliphatic carbocycles. The first-order chi connectivity index (χ1) is 13.5. The van der Waals surface area contributed by atoms with Gasteiger partial charge >= 0.3 is 0 Å². The number of nitrogens with one attached hydrogen (secondary N) is 2. The van der Waals surface area contributed by atoms with Crippen molar-refractivity contribution in [2.24, 2.45) is 0 Å². The van der Waals surface area contributed by atoms with Crippen LogP contribution in [0.4, 0.5) is 11.6 Å². The number of amides is 1. The third-order valence-corrected chi connectivity index (χ3v) is 4.53. The van der Waals surface area contributed by atoms with Gasteiger partial charge in [0.1, 0.15) is 5.69 Å². The monoisotopic (exact) mass is 394 g/mol. The van der Waals surface area contributed by atoms with Crippen LogP contribution in [0.15, 0.2) is 54.6 Å². The summed E-state index contributed by atoms with van der Waals surface area (Å²) >= 11 is 6.01. The number of aromatic nitrogens is 2. The number of hydrogen-bond acceptors (Lipinski definition) is 4. The molecule has 1 heterocycles. The maximum absolute atomic E-state index is 12.6. The molecule has 3 rings (SSSR count). The summed E-state index contributed by atoms with van der Waals surface area (Å²) in [5.41, 5.74) is 4.15. The second kappa shape index (κ2) is 9.33. The van der Waals surface area contributed by atoms with Gasteiger partial charge in [-0.15, -0.1) is 0 Å². The SMILES string of the molecule is CCc1ccc(NC(=O)c2cc(C)nc(NCCc3cccc(Cl)c3)n2)cc1. The highest BCUT2D eigenvalue weighted by Gasteiger charge is 2.11. The van der Waals surface area contributed by atoms with Crippen LogP contribution in [0.1, 0.15) is 34.2 Å². The Hall–Kier alpha value is -2.92. The second-order valence-electron chi connectivity index (χ2n) is 6.53. The molecule has 2 aromatic carbocycles. The quantitative estimate of drug-likeness (QED) is 0.597. The van der Waals surface area contributed by atoms with Gasteiger partial charge in [-0.2, -0.15) is 0 Å². The lowest BCUT2D eigenvalue weighted by Crippen LogP contribution is -2.17. The van der Waals surface area contributed by atoms with Crippen molar-refractivity contribution in [1.29, 1.82) is 0 Å². The van der Waals surface area contributed by atoms with Gasteiger partial charge in [0, 0.05) is 22.9 Å². The van der Waals surface area contributed by atoms with Crippen molar-refractivity contribution in [3.05, 3.63) is 82.1 Å². The molecule has 2 N–H and O–H groups in total. The third kappa shape index (κ3) is 5.54. The maximum atomic E-state index is 12.6. The van der Waals surface area contributed by atoms with Crippen LogP contribution in [-0.2, 0) is 12.8 Å².